The molecule has 0 nitrogen and oxygen atoms in total. The van der Waals surface area contributed by atoms with Crippen LogP contribution in [0.25, 0.3) is 0 Å². The van der Waals surface area contributed by atoms with Gasteiger partial charge in [-0.1, -0.05) is 32.4 Å². The average Bonchev–Trinajstić information content (AvgIpc) is 2.88. The maximum atomic E-state index is 2.51. The van der Waals surface area contributed by atoms with Crippen molar-refractivity contribution < 1.29 is 0 Å². The van der Waals surface area contributed by atoms with E-state index in [2.05, 4.69) is 40.7 Å². The van der Waals surface area contributed by atoms with Crippen molar-refractivity contribution in [1.82, 2.24) is 0 Å². The number of hydrogen-bond donors (Lipinski definition) is 0. The molecule has 2 aliphatic carbocycles. The first-order chi connectivity index (χ1) is 6.57. The van der Waals surface area contributed by atoms with E-state index in [1.807, 2.05) is 0 Å². The molecule has 0 saturated heterocycles. The highest BCUT2D eigenvalue weighted by Gasteiger charge is 2.74. The lowest BCUT2D eigenvalue weighted by Gasteiger charge is -2.20. The summed E-state index contributed by atoms with van der Waals surface area (Å²) in [6.07, 6.45) is 3.85. The van der Waals surface area contributed by atoms with E-state index in [9.17, 15) is 0 Å². The largest absolute Gasteiger partial charge is 0.0825 e. The number of hydrogen-bond acceptors (Lipinski definition) is 0. The van der Waals surface area contributed by atoms with Gasteiger partial charge in [-0.15, -0.1) is 0 Å². The van der Waals surface area contributed by atoms with Crippen LogP contribution in [0.5, 0.6) is 0 Å². The maximum Gasteiger partial charge on any atom is -0.0200 e. The maximum absolute atomic E-state index is 2.51. The zero-order valence-corrected chi connectivity index (χ0v) is 10.2. The molecule has 3 unspecified atom stereocenters. The smallest absolute Gasteiger partial charge is 0.0200 e. The molecule has 0 heterocycles. The van der Waals surface area contributed by atoms with E-state index < -0.39 is 0 Å². The van der Waals surface area contributed by atoms with Gasteiger partial charge in [0.1, 0.15) is 0 Å². The lowest BCUT2D eigenvalue weighted by molar-refractivity contribution is 0.318. The Bertz CT molecular complexity index is 235. The Balaban J connectivity index is 1.86. The van der Waals surface area contributed by atoms with Crippen molar-refractivity contribution in [1.29, 1.82) is 0 Å². The molecule has 2 saturated carbocycles. The molecule has 0 heteroatoms. The molecule has 0 aromatic carbocycles. The van der Waals surface area contributed by atoms with Crippen LogP contribution < -0.4 is 0 Å². The Kier molecular flexibility index (Phi) is 2.49. The Hall–Kier alpha value is -0.260. The summed E-state index contributed by atoms with van der Waals surface area (Å²) in [5.74, 6) is 6.24. The summed E-state index contributed by atoms with van der Waals surface area (Å²) in [4.78, 5) is 0. The molecule has 2 fully saturated rings. The van der Waals surface area contributed by atoms with Gasteiger partial charge in [0.05, 0.1) is 0 Å². The van der Waals surface area contributed by atoms with Gasteiger partial charge in [-0.3, -0.25) is 0 Å². The third-order valence-corrected chi connectivity index (χ3v) is 4.22. The van der Waals surface area contributed by atoms with Gasteiger partial charge in [-0.2, -0.15) is 0 Å². The van der Waals surface area contributed by atoms with Gasteiger partial charge in [0.15, 0.2) is 0 Å². The van der Waals surface area contributed by atoms with Crippen molar-refractivity contribution in [2.45, 2.75) is 41.0 Å². The molecular weight excluding hydrogens is 168 g/mol. The van der Waals surface area contributed by atoms with Crippen LogP contribution in [0.1, 0.15) is 41.0 Å². The van der Waals surface area contributed by atoms with Gasteiger partial charge in [0.25, 0.3) is 0 Å². The predicted molar refractivity (Wildman–Crippen MR) is 62.0 cm³/mol. The van der Waals surface area contributed by atoms with Crippen LogP contribution in [0.4, 0.5) is 0 Å². The zero-order chi connectivity index (χ0) is 10.5. The second-order valence-corrected chi connectivity index (χ2v) is 5.87. The van der Waals surface area contributed by atoms with E-state index in [1.165, 1.54) is 12.0 Å². The SMILES string of the molecule is CCC(C=C(C)C)C1C2C(C(C)C)C12. The van der Waals surface area contributed by atoms with Gasteiger partial charge >= 0.3 is 0 Å². The van der Waals surface area contributed by atoms with Crippen molar-refractivity contribution in [2.75, 3.05) is 0 Å². The van der Waals surface area contributed by atoms with Crippen LogP contribution in [0.15, 0.2) is 11.6 Å². The van der Waals surface area contributed by atoms with Crippen molar-refractivity contribution >= 4 is 0 Å². The first-order valence-electron chi connectivity index (χ1n) is 6.23. The molecule has 0 aromatic heterocycles. The summed E-state index contributed by atoms with van der Waals surface area (Å²) < 4.78 is 0. The highest BCUT2D eigenvalue weighted by atomic mass is 14.8. The van der Waals surface area contributed by atoms with E-state index in [-0.39, 0.29) is 0 Å². The second-order valence-electron chi connectivity index (χ2n) is 5.87. The van der Waals surface area contributed by atoms with Crippen LogP contribution in [0, 0.1) is 35.5 Å². The number of fused-ring (bicyclic) bond motifs is 1. The highest BCUT2D eigenvalue weighted by molar-refractivity contribution is 5.23. The summed E-state index contributed by atoms with van der Waals surface area (Å²) in [5, 5.41) is 0. The van der Waals surface area contributed by atoms with E-state index in [1.54, 1.807) is 0 Å². The summed E-state index contributed by atoms with van der Waals surface area (Å²) in [7, 11) is 0. The minimum Gasteiger partial charge on any atom is -0.0825 e. The molecule has 0 bridgehead atoms. The van der Waals surface area contributed by atoms with Crippen molar-refractivity contribution in [3.8, 4) is 0 Å². The van der Waals surface area contributed by atoms with Gasteiger partial charge in [-0.05, 0) is 55.8 Å². The Labute approximate surface area is 88.8 Å². The minimum absolute atomic E-state index is 0.894. The fraction of sp³-hybridized carbons (Fsp3) is 0.857. The monoisotopic (exact) mass is 192 g/mol. The zero-order valence-electron chi connectivity index (χ0n) is 10.2. The van der Waals surface area contributed by atoms with Gasteiger partial charge in [0.2, 0.25) is 0 Å². The Morgan fingerprint density at radius 3 is 2.07 bits per heavy atom. The molecule has 0 aliphatic heterocycles. The molecule has 14 heavy (non-hydrogen) atoms. The van der Waals surface area contributed by atoms with Crippen LogP contribution >= 0.6 is 0 Å². The van der Waals surface area contributed by atoms with Gasteiger partial charge < -0.3 is 0 Å². The van der Waals surface area contributed by atoms with E-state index in [4.69, 9.17) is 0 Å². The summed E-state index contributed by atoms with van der Waals surface area (Å²) in [5.41, 5.74) is 1.50. The van der Waals surface area contributed by atoms with E-state index in [0.717, 1.165) is 35.5 Å². The van der Waals surface area contributed by atoms with Gasteiger partial charge in [0, 0.05) is 0 Å². The molecule has 80 valence electrons. The van der Waals surface area contributed by atoms with Crippen LogP contribution in [-0.2, 0) is 0 Å². The first-order valence-corrected chi connectivity index (χ1v) is 6.23. The Morgan fingerprint density at radius 2 is 1.71 bits per heavy atom. The minimum atomic E-state index is 0.894. The number of allylic oxidation sites excluding steroid dienone is 2. The third kappa shape index (κ3) is 1.53. The average molecular weight is 192 g/mol. The molecule has 2 aliphatic rings. The Morgan fingerprint density at radius 1 is 1.14 bits per heavy atom. The summed E-state index contributed by atoms with van der Waals surface area (Å²) >= 11 is 0. The molecule has 0 N–H and O–H groups in total. The van der Waals surface area contributed by atoms with Crippen molar-refractivity contribution in [2.24, 2.45) is 35.5 Å². The van der Waals surface area contributed by atoms with Crippen LogP contribution in [0.2, 0.25) is 0 Å². The molecule has 0 amide bonds. The molecule has 3 atom stereocenters. The molecular formula is C14H24. The summed E-state index contributed by atoms with van der Waals surface area (Å²) in [6.45, 7) is 11.6. The summed E-state index contributed by atoms with van der Waals surface area (Å²) in [6, 6.07) is 0. The fourth-order valence-electron chi connectivity index (χ4n) is 3.53. The van der Waals surface area contributed by atoms with Crippen LogP contribution in [-0.4, -0.2) is 0 Å². The predicted octanol–water partition coefficient (Wildman–Crippen LogP) is 4.13. The normalized spacial score (nSPS) is 40.4. The molecule has 0 aromatic rings. The van der Waals surface area contributed by atoms with Crippen LogP contribution in [0.3, 0.4) is 0 Å². The van der Waals surface area contributed by atoms with E-state index >= 15 is 0 Å². The lowest BCUT2D eigenvalue weighted by Crippen LogP contribution is -2.14. The van der Waals surface area contributed by atoms with E-state index in [0.29, 0.717) is 0 Å². The topological polar surface area (TPSA) is 0 Å². The highest BCUT2D eigenvalue weighted by Crippen LogP contribution is 2.77. The quantitative estimate of drug-likeness (QED) is 0.588. The first kappa shape index (κ1) is 10.3. The molecule has 2 rings (SSSR count). The third-order valence-electron chi connectivity index (χ3n) is 4.22. The molecule has 0 radical (unpaired) electrons. The second kappa shape index (κ2) is 3.40. The standard InChI is InChI=1S/C14H24/c1-6-10(7-8(2)3)12-13-11(9(4)5)14(12)13/h7,9-14H,6H2,1-5H3. The van der Waals surface area contributed by atoms with Crippen molar-refractivity contribution in [3.05, 3.63) is 11.6 Å². The lowest BCUT2D eigenvalue weighted by atomic mass is 9.85. The fourth-order valence-corrected chi connectivity index (χ4v) is 3.53. The molecule has 0 spiro atoms. The van der Waals surface area contributed by atoms with Crippen molar-refractivity contribution in [3.63, 3.8) is 0 Å². The van der Waals surface area contributed by atoms with Gasteiger partial charge in [-0.25, -0.2) is 0 Å². The number of rotatable bonds is 4.